The monoisotopic (exact) mass is 459 g/mol. The van der Waals surface area contributed by atoms with Crippen molar-refractivity contribution in [1.82, 2.24) is 9.80 Å². The van der Waals surface area contributed by atoms with E-state index < -0.39 is 0 Å². The van der Waals surface area contributed by atoms with Gasteiger partial charge in [0.25, 0.3) is 5.91 Å². The molecular formula is C28H30ClN3O. The van der Waals surface area contributed by atoms with Crippen LogP contribution < -0.4 is 5.32 Å². The summed E-state index contributed by atoms with van der Waals surface area (Å²) in [6.45, 7) is 6.73. The van der Waals surface area contributed by atoms with Crippen LogP contribution in [0.15, 0.2) is 72.8 Å². The van der Waals surface area contributed by atoms with E-state index in [0.717, 1.165) is 25.2 Å². The van der Waals surface area contributed by atoms with E-state index >= 15 is 0 Å². The number of nitrogens with zero attached hydrogens (tertiary/aromatic N) is 2. The van der Waals surface area contributed by atoms with E-state index in [9.17, 15) is 4.79 Å². The Morgan fingerprint density at radius 1 is 0.939 bits per heavy atom. The molecule has 3 aromatic rings. The largest absolute Gasteiger partial charge is 0.384 e. The number of hydrogen-bond acceptors (Lipinski definition) is 3. The van der Waals surface area contributed by atoms with Gasteiger partial charge in [0.2, 0.25) is 0 Å². The molecule has 2 aliphatic heterocycles. The summed E-state index contributed by atoms with van der Waals surface area (Å²) in [5, 5.41) is 3.87. The van der Waals surface area contributed by atoms with Crippen molar-refractivity contribution in [1.29, 1.82) is 0 Å². The van der Waals surface area contributed by atoms with E-state index in [1.54, 1.807) is 0 Å². The molecule has 0 spiro atoms. The fourth-order valence-electron chi connectivity index (χ4n) is 5.28. The zero-order valence-corrected chi connectivity index (χ0v) is 19.9. The number of nitrogens with one attached hydrogen (secondary N) is 1. The Bertz CT molecular complexity index is 1100. The number of benzene rings is 3. The Morgan fingerprint density at radius 2 is 1.58 bits per heavy atom. The van der Waals surface area contributed by atoms with Crippen LogP contribution in [-0.4, -0.2) is 47.4 Å². The number of fused-ring (bicyclic) bond motifs is 1. The number of hydrogen-bond donors (Lipinski definition) is 1. The van der Waals surface area contributed by atoms with Crippen molar-refractivity contribution in [2.75, 3.05) is 25.0 Å². The highest BCUT2D eigenvalue weighted by Gasteiger charge is 2.37. The molecule has 0 aromatic heterocycles. The summed E-state index contributed by atoms with van der Waals surface area (Å²) >= 11 is 6.55. The first-order valence-electron chi connectivity index (χ1n) is 11.8. The summed E-state index contributed by atoms with van der Waals surface area (Å²) in [7, 11) is 0. The average molecular weight is 460 g/mol. The molecule has 5 heteroatoms. The molecule has 1 amide bonds. The summed E-state index contributed by atoms with van der Waals surface area (Å²) in [6, 6.07) is 25.6. The number of rotatable bonds is 4. The van der Waals surface area contributed by atoms with E-state index in [4.69, 9.17) is 11.6 Å². The first-order chi connectivity index (χ1) is 16.0. The van der Waals surface area contributed by atoms with Crippen molar-refractivity contribution >= 4 is 23.2 Å². The summed E-state index contributed by atoms with van der Waals surface area (Å²) < 4.78 is 0. The lowest BCUT2D eigenvalue weighted by Gasteiger charge is -2.47. The van der Waals surface area contributed by atoms with Crippen LogP contribution in [0.5, 0.6) is 0 Å². The van der Waals surface area contributed by atoms with Crippen LogP contribution in [0, 0.1) is 0 Å². The van der Waals surface area contributed by atoms with Gasteiger partial charge in [-0.15, -0.1) is 0 Å². The first kappa shape index (κ1) is 22.0. The fourth-order valence-corrected chi connectivity index (χ4v) is 5.53. The number of carbonyl (C=O) groups is 1. The molecule has 0 radical (unpaired) electrons. The van der Waals surface area contributed by atoms with Gasteiger partial charge in [-0.05, 0) is 49.1 Å². The van der Waals surface area contributed by atoms with Crippen LogP contribution in [0.3, 0.4) is 0 Å². The number of halogens is 1. The van der Waals surface area contributed by atoms with Gasteiger partial charge in [-0.1, -0.05) is 72.3 Å². The van der Waals surface area contributed by atoms with Crippen molar-refractivity contribution in [2.24, 2.45) is 0 Å². The summed E-state index contributed by atoms with van der Waals surface area (Å²) in [5.74, 6) is 0.0321. The van der Waals surface area contributed by atoms with Crippen molar-refractivity contribution in [2.45, 2.75) is 38.4 Å². The molecule has 33 heavy (non-hydrogen) atoms. The molecule has 1 fully saturated rings. The van der Waals surface area contributed by atoms with Gasteiger partial charge >= 0.3 is 0 Å². The minimum absolute atomic E-state index is 0.0321. The molecule has 3 aromatic carbocycles. The molecule has 1 N–H and O–H groups in total. The lowest BCUT2D eigenvalue weighted by Crippen LogP contribution is -2.58. The molecule has 0 unspecified atom stereocenters. The van der Waals surface area contributed by atoms with E-state index in [1.807, 2.05) is 17.0 Å². The SMILES string of the molecule is C[C@@H]1CN(C(c2ccccc2)c2ccccc2)[C@@H](C)CN1C(=O)c1cc2c(cc1Cl)NCC2. The van der Waals surface area contributed by atoms with Crippen LogP contribution >= 0.6 is 11.6 Å². The quantitative estimate of drug-likeness (QED) is 0.549. The Hall–Kier alpha value is -2.82. The van der Waals surface area contributed by atoms with Gasteiger partial charge in [0.15, 0.2) is 0 Å². The third-order valence-electron chi connectivity index (χ3n) is 6.99. The van der Waals surface area contributed by atoms with Crippen molar-refractivity contribution in [3.63, 3.8) is 0 Å². The first-order valence-corrected chi connectivity index (χ1v) is 12.1. The van der Waals surface area contributed by atoms with Crippen LogP contribution in [0.4, 0.5) is 5.69 Å². The second kappa shape index (κ2) is 9.20. The number of piperazine rings is 1. The standard InChI is InChI=1S/C28H30ClN3O/c1-19-18-32(28(33)24-15-23-13-14-30-26(23)16-25(24)29)20(2)17-31(19)27(21-9-5-3-6-10-21)22-11-7-4-8-12-22/h3-12,15-16,19-20,27,30H,13-14,17-18H2,1-2H3/t19-,20+/m0/s1. The maximum absolute atomic E-state index is 13.6. The second-order valence-electron chi connectivity index (χ2n) is 9.24. The van der Waals surface area contributed by atoms with Crippen molar-refractivity contribution in [3.8, 4) is 0 Å². The molecule has 5 rings (SSSR count). The summed E-state index contributed by atoms with van der Waals surface area (Å²) in [4.78, 5) is 18.1. The zero-order valence-electron chi connectivity index (χ0n) is 19.2. The van der Waals surface area contributed by atoms with E-state index in [2.05, 4.69) is 84.7 Å². The van der Waals surface area contributed by atoms with E-state index in [-0.39, 0.29) is 24.0 Å². The Morgan fingerprint density at radius 3 is 2.21 bits per heavy atom. The van der Waals surface area contributed by atoms with Gasteiger partial charge in [0, 0.05) is 37.4 Å². The Balaban J connectivity index is 1.42. The van der Waals surface area contributed by atoms with Crippen LogP contribution in [0.1, 0.15) is 46.9 Å². The number of anilines is 1. The molecule has 0 bridgehead atoms. The Labute approximate surface area is 201 Å². The second-order valence-corrected chi connectivity index (χ2v) is 9.65. The minimum atomic E-state index is 0.0321. The van der Waals surface area contributed by atoms with Crippen LogP contribution in [-0.2, 0) is 6.42 Å². The summed E-state index contributed by atoms with van der Waals surface area (Å²) in [6.07, 6.45) is 0.933. The topological polar surface area (TPSA) is 35.6 Å². The highest BCUT2D eigenvalue weighted by Crippen LogP contribution is 2.35. The van der Waals surface area contributed by atoms with Gasteiger partial charge in [0.1, 0.15) is 0 Å². The molecule has 2 aliphatic rings. The lowest BCUT2D eigenvalue weighted by atomic mass is 9.93. The van der Waals surface area contributed by atoms with Gasteiger partial charge < -0.3 is 10.2 Å². The maximum atomic E-state index is 13.6. The smallest absolute Gasteiger partial charge is 0.255 e. The average Bonchev–Trinajstić information content (AvgIpc) is 3.29. The molecule has 2 atom stereocenters. The third-order valence-corrected chi connectivity index (χ3v) is 7.30. The molecule has 4 nitrogen and oxygen atoms in total. The van der Waals surface area contributed by atoms with Crippen molar-refractivity contribution < 1.29 is 4.79 Å². The molecule has 1 saturated heterocycles. The highest BCUT2D eigenvalue weighted by atomic mass is 35.5. The molecule has 0 aliphatic carbocycles. The molecule has 2 heterocycles. The van der Waals surface area contributed by atoms with Gasteiger partial charge in [0.05, 0.1) is 16.6 Å². The van der Waals surface area contributed by atoms with Gasteiger partial charge in [-0.25, -0.2) is 0 Å². The van der Waals surface area contributed by atoms with Gasteiger partial charge in [-0.3, -0.25) is 9.69 Å². The van der Waals surface area contributed by atoms with Crippen LogP contribution in [0.2, 0.25) is 5.02 Å². The van der Waals surface area contributed by atoms with E-state index in [1.165, 1.54) is 16.7 Å². The van der Waals surface area contributed by atoms with Crippen molar-refractivity contribution in [3.05, 3.63) is 100 Å². The molecule has 170 valence electrons. The molecule has 0 saturated carbocycles. The zero-order chi connectivity index (χ0) is 22.9. The van der Waals surface area contributed by atoms with Crippen LogP contribution in [0.25, 0.3) is 0 Å². The normalized spacial score (nSPS) is 20.5. The maximum Gasteiger partial charge on any atom is 0.255 e. The number of carbonyl (C=O) groups excluding carboxylic acids is 1. The summed E-state index contributed by atoms with van der Waals surface area (Å²) in [5.41, 5.74) is 5.40. The lowest BCUT2D eigenvalue weighted by molar-refractivity contribution is 0.0209. The Kier molecular flexibility index (Phi) is 6.13. The van der Waals surface area contributed by atoms with E-state index in [0.29, 0.717) is 17.1 Å². The number of amides is 1. The highest BCUT2D eigenvalue weighted by molar-refractivity contribution is 6.34. The third kappa shape index (κ3) is 4.25. The predicted molar refractivity (Wildman–Crippen MR) is 135 cm³/mol. The molecular weight excluding hydrogens is 430 g/mol. The minimum Gasteiger partial charge on any atom is -0.384 e. The fraction of sp³-hybridized carbons (Fsp3) is 0.321. The van der Waals surface area contributed by atoms with Gasteiger partial charge in [-0.2, -0.15) is 0 Å². The predicted octanol–water partition coefficient (Wildman–Crippen LogP) is 5.63.